The third-order valence-electron chi connectivity index (χ3n) is 5.85. The maximum atomic E-state index is 12.6. The first-order chi connectivity index (χ1) is 18.0. The van der Waals surface area contributed by atoms with Crippen molar-refractivity contribution in [3.8, 4) is 11.5 Å². The lowest BCUT2D eigenvalue weighted by molar-refractivity contribution is -0.169. The van der Waals surface area contributed by atoms with Crippen molar-refractivity contribution in [2.45, 2.75) is 112 Å². The molecule has 220 valence electrons. The summed E-state index contributed by atoms with van der Waals surface area (Å²) in [5, 5.41) is 13.0. The van der Waals surface area contributed by atoms with Gasteiger partial charge in [-0.2, -0.15) is 0 Å². The van der Waals surface area contributed by atoms with Gasteiger partial charge in [-0.05, 0) is 64.2 Å². The Bertz CT molecular complexity index is 999. The molecule has 0 aliphatic heterocycles. The van der Waals surface area contributed by atoms with E-state index in [9.17, 15) is 24.3 Å². The predicted molar refractivity (Wildman–Crippen MR) is 146 cm³/mol. The average molecular weight is 552 g/mol. The first-order valence-corrected chi connectivity index (χ1v) is 13.5. The summed E-state index contributed by atoms with van der Waals surface area (Å²) in [6.45, 7) is 16.1. The Hall–Kier alpha value is -3.14. The lowest BCUT2D eigenvalue weighted by Crippen LogP contribution is -2.59. The van der Waals surface area contributed by atoms with Crippen LogP contribution in [0.3, 0.4) is 0 Å². The van der Waals surface area contributed by atoms with Gasteiger partial charge in [0.2, 0.25) is 0 Å². The number of carboxylic acid groups (broad SMARTS) is 1. The van der Waals surface area contributed by atoms with Gasteiger partial charge in [-0.1, -0.05) is 46.6 Å². The Labute approximate surface area is 231 Å². The maximum absolute atomic E-state index is 12.6. The Morgan fingerprint density at radius 2 is 1.36 bits per heavy atom. The molecule has 0 fully saturated rings. The van der Waals surface area contributed by atoms with Crippen molar-refractivity contribution in [2.75, 3.05) is 0 Å². The van der Waals surface area contributed by atoms with Crippen molar-refractivity contribution < 1.29 is 43.2 Å². The molecule has 39 heavy (non-hydrogen) atoms. The minimum atomic E-state index is -2.19. The number of nitrogens with one attached hydrogen (secondary N) is 1. The highest BCUT2D eigenvalue weighted by Crippen LogP contribution is 2.32. The van der Waals surface area contributed by atoms with Gasteiger partial charge in [0, 0.05) is 25.3 Å². The van der Waals surface area contributed by atoms with Crippen LogP contribution in [0.4, 0.5) is 4.79 Å². The van der Waals surface area contributed by atoms with E-state index in [0.29, 0.717) is 5.56 Å². The number of hydrogen-bond acceptors (Lipinski definition) is 9. The molecular weight excluding hydrogens is 506 g/mol. The van der Waals surface area contributed by atoms with Gasteiger partial charge in [-0.25, -0.2) is 9.59 Å². The number of benzene rings is 1. The standard InChI is InChI=1S/C29H45NO9/c1-10-19(5)14-24(31)36-22-13-12-21(16-23(22)37-25(32)15-20(6)11-2)17-29(26(33)34,30-18(3)4)39-27(35)38-28(7,8)9/h12-13,16,18-20,30H,10-11,14-15,17H2,1-9H3,(H,33,34)/t19?,20?,29-/m0/s1. The van der Waals surface area contributed by atoms with Gasteiger partial charge in [0.15, 0.2) is 11.5 Å². The minimum Gasteiger partial charge on any atom is -0.477 e. The number of esters is 2. The number of carbonyl (C=O) groups is 4. The molecule has 0 aliphatic rings. The number of carbonyl (C=O) groups excluding carboxylic acids is 3. The second-order valence-electron chi connectivity index (χ2n) is 11.3. The first-order valence-electron chi connectivity index (χ1n) is 13.5. The molecule has 10 nitrogen and oxygen atoms in total. The van der Waals surface area contributed by atoms with Gasteiger partial charge in [0.25, 0.3) is 5.72 Å². The predicted octanol–water partition coefficient (Wildman–Crippen LogP) is 5.64. The molecule has 0 spiro atoms. The van der Waals surface area contributed by atoms with Crippen LogP contribution in [-0.4, -0.2) is 46.5 Å². The van der Waals surface area contributed by atoms with Crippen LogP contribution in [0, 0.1) is 11.8 Å². The van der Waals surface area contributed by atoms with Crippen LogP contribution in [0.25, 0.3) is 0 Å². The van der Waals surface area contributed by atoms with Crippen LogP contribution in [0.5, 0.6) is 11.5 Å². The second-order valence-corrected chi connectivity index (χ2v) is 11.3. The second kappa shape index (κ2) is 14.9. The molecule has 0 saturated heterocycles. The van der Waals surface area contributed by atoms with Gasteiger partial charge in [0.05, 0.1) is 0 Å². The highest BCUT2D eigenvalue weighted by atomic mass is 16.8. The van der Waals surface area contributed by atoms with Crippen LogP contribution < -0.4 is 14.8 Å². The quantitative estimate of drug-likeness (QED) is 0.170. The molecule has 0 aromatic heterocycles. The number of hydrogen-bond donors (Lipinski definition) is 2. The number of aliphatic carboxylic acids is 1. The molecule has 0 radical (unpaired) electrons. The van der Waals surface area contributed by atoms with E-state index >= 15 is 0 Å². The molecule has 2 unspecified atom stereocenters. The molecule has 1 rings (SSSR count). The lowest BCUT2D eigenvalue weighted by Gasteiger charge is -2.33. The number of carboxylic acids is 1. The fourth-order valence-electron chi connectivity index (χ4n) is 3.48. The largest absolute Gasteiger partial charge is 0.511 e. The normalized spacial score (nSPS) is 14.6. The summed E-state index contributed by atoms with van der Waals surface area (Å²) >= 11 is 0. The number of rotatable bonds is 14. The van der Waals surface area contributed by atoms with E-state index in [1.807, 2.05) is 27.7 Å². The Morgan fingerprint density at radius 1 is 0.846 bits per heavy atom. The minimum absolute atomic E-state index is 0.0283. The van der Waals surface area contributed by atoms with Gasteiger partial charge >= 0.3 is 24.1 Å². The zero-order valence-corrected chi connectivity index (χ0v) is 24.7. The summed E-state index contributed by atoms with van der Waals surface area (Å²) in [4.78, 5) is 50.1. The van der Waals surface area contributed by atoms with E-state index in [-0.39, 0.29) is 42.6 Å². The summed E-state index contributed by atoms with van der Waals surface area (Å²) in [5.41, 5.74) is -2.75. The molecule has 0 saturated carbocycles. The Kier molecular flexibility index (Phi) is 12.9. The summed E-state index contributed by atoms with van der Waals surface area (Å²) in [5.74, 6) is -2.25. The van der Waals surface area contributed by atoms with Crippen molar-refractivity contribution in [2.24, 2.45) is 11.8 Å². The van der Waals surface area contributed by atoms with Crippen molar-refractivity contribution >= 4 is 24.1 Å². The molecule has 1 aromatic rings. The van der Waals surface area contributed by atoms with Gasteiger partial charge in [-0.3, -0.25) is 14.9 Å². The molecule has 3 atom stereocenters. The third kappa shape index (κ3) is 12.1. The Morgan fingerprint density at radius 3 is 1.79 bits per heavy atom. The SMILES string of the molecule is CCC(C)CC(=O)Oc1ccc(C[C@](NC(C)C)(OC(=O)OC(C)(C)C)C(=O)O)cc1OC(=O)CC(C)CC. The molecular formula is C29H45NO9. The van der Waals surface area contributed by atoms with Crippen molar-refractivity contribution in [1.29, 1.82) is 0 Å². The topological polar surface area (TPSA) is 137 Å². The van der Waals surface area contributed by atoms with E-state index in [2.05, 4.69) is 5.32 Å². The van der Waals surface area contributed by atoms with Gasteiger partial charge in [-0.15, -0.1) is 0 Å². The molecule has 0 bridgehead atoms. The fourth-order valence-corrected chi connectivity index (χ4v) is 3.48. The van der Waals surface area contributed by atoms with Crippen LogP contribution in [0.15, 0.2) is 18.2 Å². The molecule has 0 heterocycles. The molecule has 2 N–H and O–H groups in total. The molecule has 1 aromatic carbocycles. The molecule has 10 heteroatoms. The van der Waals surface area contributed by atoms with E-state index in [1.165, 1.54) is 18.2 Å². The lowest BCUT2D eigenvalue weighted by atomic mass is 10.0. The Balaban J connectivity index is 3.44. The van der Waals surface area contributed by atoms with Crippen molar-refractivity contribution in [3.63, 3.8) is 0 Å². The van der Waals surface area contributed by atoms with Crippen LogP contribution in [-0.2, 0) is 30.3 Å². The van der Waals surface area contributed by atoms with Crippen LogP contribution in [0.1, 0.15) is 93.6 Å². The van der Waals surface area contributed by atoms with Gasteiger partial charge < -0.3 is 24.1 Å². The third-order valence-corrected chi connectivity index (χ3v) is 5.85. The molecule has 0 aliphatic carbocycles. The number of ether oxygens (including phenoxy) is 4. The first kappa shape index (κ1) is 33.9. The van der Waals surface area contributed by atoms with Crippen molar-refractivity contribution in [1.82, 2.24) is 5.32 Å². The smallest absolute Gasteiger partial charge is 0.477 e. The van der Waals surface area contributed by atoms with Gasteiger partial charge in [0.1, 0.15) is 5.60 Å². The van der Waals surface area contributed by atoms with Crippen LogP contribution in [0.2, 0.25) is 0 Å². The van der Waals surface area contributed by atoms with Crippen molar-refractivity contribution in [3.05, 3.63) is 23.8 Å². The summed E-state index contributed by atoms with van der Waals surface area (Å²) < 4.78 is 21.7. The maximum Gasteiger partial charge on any atom is 0.511 e. The summed E-state index contributed by atoms with van der Waals surface area (Å²) in [6, 6.07) is 3.98. The zero-order chi connectivity index (χ0) is 30.0. The van der Waals surface area contributed by atoms with E-state index in [0.717, 1.165) is 12.8 Å². The summed E-state index contributed by atoms with van der Waals surface area (Å²) in [6.07, 6.45) is 0.406. The fraction of sp³-hybridized carbons (Fsp3) is 0.655. The molecule has 0 amide bonds. The highest BCUT2D eigenvalue weighted by molar-refractivity contribution is 5.81. The van der Waals surface area contributed by atoms with E-state index in [4.69, 9.17) is 18.9 Å². The van der Waals surface area contributed by atoms with Crippen LogP contribution >= 0.6 is 0 Å². The zero-order valence-electron chi connectivity index (χ0n) is 24.7. The highest BCUT2D eigenvalue weighted by Gasteiger charge is 2.45. The summed E-state index contributed by atoms with van der Waals surface area (Å²) in [7, 11) is 0. The van der Waals surface area contributed by atoms with E-state index in [1.54, 1.807) is 34.6 Å². The average Bonchev–Trinajstić information content (AvgIpc) is 2.78. The van der Waals surface area contributed by atoms with E-state index < -0.39 is 41.4 Å². The monoisotopic (exact) mass is 551 g/mol.